The predicted octanol–water partition coefficient (Wildman–Crippen LogP) is 4.93. The first-order valence-electron chi connectivity index (χ1n) is 10.2. The van der Waals surface area contributed by atoms with Crippen LogP contribution < -0.4 is 0 Å². The first-order chi connectivity index (χ1) is 14.2. The number of carbonyl (C=O) groups is 1. The second-order valence-corrected chi connectivity index (χ2v) is 8.24. The summed E-state index contributed by atoms with van der Waals surface area (Å²) in [5.74, 6) is 0.862. The van der Waals surface area contributed by atoms with Crippen LogP contribution in [0.3, 0.4) is 0 Å². The fourth-order valence-electron chi connectivity index (χ4n) is 4.80. The van der Waals surface area contributed by atoms with Crippen LogP contribution in [0, 0.1) is 27.9 Å². The summed E-state index contributed by atoms with van der Waals surface area (Å²) in [5, 5.41) is 10.9. The zero-order valence-corrected chi connectivity index (χ0v) is 16.8. The molecule has 2 saturated carbocycles. The monoisotopic (exact) mass is 429 g/mol. The van der Waals surface area contributed by atoms with Gasteiger partial charge in [-0.05, 0) is 74.3 Å². The normalized spacial score (nSPS) is 26.7. The summed E-state index contributed by atoms with van der Waals surface area (Å²) < 4.78 is 49.8. The van der Waals surface area contributed by atoms with Crippen molar-refractivity contribution in [2.45, 2.75) is 57.2 Å². The summed E-state index contributed by atoms with van der Waals surface area (Å²) in [5.41, 5.74) is -1.58. The van der Waals surface area contributed by atoms with Crippen molar-refractivity contribution in [2.24, 2.45) is 17.8 Å². The molecule has 0 radical (unpaired) electrons. The number of halogens is 3. The lowest BCUT2D eigenvalue weighted by molar-refractivity contribution is -0.388. The van der Waals surface area contributed by atoms with E-state index in [0.717, 1.165) is 50.7 Å². The van der Waals surface area contributed by atoms with E-state index >= 15 is 0 Å². The van der Waals surface area contributed by atoms with Crippen LogP contribution in [0.15, 0.2) is 18.2 Å². The largest absolute Gasteiger partial charge is 0.467 e. The van der Waals surface area contributed by atoms with E-state index < -0.39 is 28.3 Å². The number of carbonyl (C=O) groups excluding carboxylic acids is 1. The smallest absolute Gasteiger partial charge is 0.423 e. The third-order valence-electron chi connectivity index (χ3n) is 6.53. The van der Waals surface area contributed by atoms with Gasteiger partial charge in [0.15, 0.2) is 0 Å². The quantitative estimate of drug-likeness (QED) is 0.349. The molecule has 0 bridgehead atoms. The molecule has 1 aromatic rings. The Bertz CT molecular complexity index is 774. The van der Waals surface area contributed by atoms with E-state index in [-0.39, 0.29) is 12.7 Å². The summed E-state index contributed by atoms with van der Waals surface area (Å²) in [7, 11) is 1.32. The second kappa shape index (κ2) is 9.32. The van der Waals surface area contributed by atoms with Gasteiger partial charge >= 0.3 is 12.1 Å². The van der Waals surface area contributed by atoms with E-state index in [1.807, 2.05) is 0 Å². The van der Waals surface area contributed by atoms with Gasteiger partial charge in [0.2, 0.25) is 0 Å². The lowest BCUT2D eigenvalue weighted by Crippen LogP contribution is -2.37. The van der Waals surface area contributed by atoms with Gasteiger partial charge in [0.05, 0.1) is 18.1 Å². The standard InChI is InChI=1S/C21H26F3NO5/c1-29-20(26)12-30-16-6-3-14(4-7-16)17-8-5-15(17)10-13-2-9-19(25(27)28)18(11-13)21(22,23)24/h2,9,11,14-17H,3-8,10,12H2,1H3. The van der Waals surface area contributed by atoms with E-state index in [1.54, 1.807) is 0 Å². The van der Waals surface area contributed by atoms with Crippen LogP contribution in [0.25, 0.3) is 0 Å². The summed E-state index contributed by atoms with van der Waals surface area (Å²) in [6, 6.07) is 3.35. The lowest BCUT2D eigenvalue weighted by atomic mass is 9.61. The minimum Gasteiger partial charge on any atom is -0.467 e. The van der Waals surface area contributed by atoms with Gasteiger partial charge in [-0.2, -0.15) is 13.2 Å². The van der Waals surface area contributed by atoms with Crippen LogP contribution in [-0.4, -0.2) is 30.7 Å². The van der Waals surface area contributed by atoms with Crippen molar-refractivity contribution in [1.29, 1.82) is 0 Å². The number of methoxy groups -OCH3 is 1. The van der Waals surface area contributed by atoms with E-state index in [0.29, 0.717) is 29.7 Å². The Kier molecular flexibility index (Phi) is 7.00. The molecule has 0 saturated heterocycles. The highest BCUT2D eigenvalue weighted by Gasteiger charge is 2.41. The molecule has 0 aliphatic heterocycles. The molecule has 9 heteroatoms. The fraction of sp³-hybridized carbons (Fsp3) is 0.667. The molecule has 2 fully saturated rings. The Morgan fingerprint density at radius 2 is 1.87 bits per heavy atom. The number of hydrogen-bond acceptors (Lipinski definition) is 5. The lowest BCUT2D eigenvalue weighted by Gasteiger charge is -2.44. The van der Waals surface area contributed by atoms with Crippen molar-refractivity contribution < 1.29 is 32.4 Å². The molecule has 0 amide bonds. The van der Waals surface area contributed by atoms with Crippen LogP contribution in [0.5, 0.6) is 0 Å². The molecule has 166 valence electrons. The zero-order chi connectivity index (χ0) is 21.9. The van der Waals surface area contributed by atoms with Gasteiger partial charge in [-0.1, -0.05) is 6.07 Å². The molecule has 6 nitrogen and oxygen atoms in total. The van der Waals surface area contributed by atoms with Crippen LogP contribution >= 0.6 is 0 Å². The maximum Gasteiger partial charge on any atom is 0.423 e. The Morgan fingerprint density at radius 1 is 1.17 bits per heavy atom. The average Bonchev–Trinajstić information content (AvgIpc) is 2.69. The molecule has 1 aromatic carbocycles. The molecule has 30 heavy (non-hydrogen) atoms. The van der Waals surface area contributed by atoms with E-state index in [9.17, 15) is 28.1 Å². The summed E-state index contributed by atoms with van der Waals surface area (Å²) in [6.07, 6.45) is 1.49. The Labute approximate surface area is 172 Å². The molecule has 0 N–H and O–H groups in total. The molecule has 3 rings (SSSR count). The van der Waals surface area contributed by atoms with Crippen molar-refractivity contribution in [1.82, 2.24) is 0 Å². The zero-order valence-electron chi connectivity index (χ0n) is 16.8. The van der Waals surface area contributed by atoms with Crippen molar-refractivity contribution in [3.8, 4) is 0 Å². The molecule has 0 spiro atoms. The van der Waals surface area contributed by atoms with Crippen molar-refractivity contribution in [3.05, 3.63) is 39.4 Å². The average molecular weight is 429 g/mol. The van der Waals surface area contributed by atoms with Crippen LogP contribution in [0.2, 0.25) is 0 Å². The SMILES string of the molecule is COC(=O)COC1CCC(C2CCC2Cc2ccc([N+](=O)[O-])c(C(F)(F)F)c2)CC1. The maximum absolute atomic E-state index is 13.2. The number of hydrogen-bond donors (Lipinski definition) is 0. The summed E-state index contributed by atoms with van der Waals surface area (Å²) in [6.45, 7) is -0.0421. The molecule has 0 aromatic heterocycles. The fourth-order valence-corrected chi connectivity index (χ4v) is 4.80. The molecule has 2 atom stereocenters. The number of nitro benzene ring substituents is 1. The number of rotatable bonds is 7. The highest BCUT2D eigenvalue weighted by molar-refractivity contribution is 5.70. The highest BCUT2D eigenvalue weighted by atomic mass is 19.4. The van der Waals surface area contributed by atoms with E-state index in [2.05, 4.69) is 4.74 Å². The van der Waals surface area contributed by atoms with Gasteiger partial charge in [-0.15, -0.1) is 0 Å². The Hall–Kier alpha value is -2.16. The van der Waals surface area contributed by atoms with E-state index in [1.165, 1.54) is 13.2 Å². The first-order valence-corrected chi connectivity index (χ1v) is 10.2. The number of benzene rings is 1. The highest BCUT2D eigenvalue weighted by Crippen LogP contribution is 2.47. The molecular weight excluding hydrogens is 403 g/mol. The molecular formula is C21H26F3NO5. The first kappa shape index (κ1) is 22.5. The third kappa shape index (κ3) is 5.30. The van der Waals surface area contributed by atoms with Gasteiger partial charge in [-0.3, -0.25) is 10.1 Å². The van der Waals surface area contributed by atoms with Crippen LogP contribution in [0.1, 0.15) is 49.7 Å². The molecule has 2 aliphatic rings. The predicted molar refractivity (Wildman–Crippen MR) is 102 cm³/mol. The Morgan fingerprint density at radius 3 is 2.40 bits per heavy atom. The van der Waals surface area contributed by atoms with Crippen molar-refractivity contribution in [3.63, 3.8) is 0 Å². The van der Waals surface area contributed by atoms with Gasteiger partial charge in [0, 0.05) is 6.07 Å². The Balaban J connectivity index is 1.57. The molecule has 0 heterocycles. The van der Waals surface area contributed by atoms with Crippen molar-refractivity contribution in [2.75, 3.05) is 13.7 Å². The number of nitro groups is 1. The van der Waals surface area contributed by atoms with E-state index in [4.69, 9.17) is 4.74 Å². The molecule has 2 aliphatic carbocycles. The van der Waals surface area contributed by atoms with Gasteiger partial charge in [0.1, 0.15) is 12.2 Å². The number of alkyl halides is 3. The minimum absolute atomic E-state index is 0.0421. The second-order valence-electron chi connectivity index (χ2n) is 8.24. The maximum atomic E-state index is 13.2. The van der Waals surface area contributed by atoms with Gasteiger partial charge in [-0.25, -0.2) is 4.79 Å². The summed E-state index contributed by atoms with van der Waals surface area (Å²) >= 11 is 0. The number of nitrogens with zero attached hydrogens (tertiary/aromatic N) is 1. The molecule has 2 unspecified atom stereocenters. The minimum atomic E-state index is -4.75. The van der Waals surface area contributed by atoms with Crippen molar-refractivity contribution >= 4 is 11.7 Å². The summed E-state index contributed by atoms with van der Waals surface area (Å²) in [4.78, 5) is 21.1. The van der Waals surface area contributed by atoms with Crippen LogP contribution in [0.4, 0.5) is 18.9 Å². The number of esters is 1. The third-order valence-corrected chi connectivity index (χ3v) is 6.53. The number of ether oxygens (including phenoxy) is 2. The van der Waals surface area contributed by atoms with Crippen LogP contribution in [-0.2, 0) is 26.9 Å². The topological polar surface area (TPSA) is 78.7 Å². The van der Waals surface area contributed by atoms with Gasteiger partial charge in [0.25, 0.3) is 5.69 Å². The van der Waals surface area contributed by atoms with Gasteiger partial charge < -0.3 is 9.47 Å².